The molecular formula is C7H11N3. The Balaban J connectivity index is 2.96. The van der Waals surface area contributed by atoms with Gasteiger partial charge >= 0.3 is 0 Å². The van der Waals surface area contributed by atoms with Gasteiger partial charge in [-0.15, -0.1) is 0 Å². The van der Waals surface area contributed by atoms with Crippen molar-refractivity contribution in [1.82, 2.24) is 4.98 Å². The molecule has 0 fully saturated rings. The maximum Gasteiger partial charge on any atom is 0.0699 e. The zero-order valence-electron chi connectivity index (χ0n) is 6.20. The summed E-state index contributed by atoms with van der Waals surface area (Å²) < 4.78 is 0. The number of hydrogen-bond acceptors (Lipinski definition) is 3. The zero-order valence-corrected chi connectivity index (χ0v) is 6.20. The Morgan fingerprint density at radius 3 is 2.60 bits per heavy atom. The molecule has 54 valence electrons. The number of aryl methyl sites for hydroxylation is 1. The summed E-state index contributed by atoms with van der Waals surface area (Å²) in [6.45, 7) is 1.99. The van der Waals surface area contributed by atoms with Crippen molar-refractivity contribution in [2.45, 2.75) is 6.92 Å². The molecule has 0 unspecified atom stereocenters. The molecule has 0 atom stereocenters. The third kappa shape index (κ3) is 1.45. The molecule has 1 rings (SSSR count). The second-order valence-corrected chi connectivity index (χ2v) is 2.33. The molecule has 1 aromatic rings. The molecule has 1 heterocycles. The van der Waals surface area contributed by atoms with Gasteiger partial charge in [0.1, 0.15) is 0 Å². The van der Waals surface area contributed by atoms with E-state index in [1.54, 1.807) is 24.5 Å². The highest BCUT2D eigenvalue weighted by Crippen LogP contribution is 2.07. The second-order valence-electron chi connectivity index (χ2n) is 2.33. The number of nitrogens with two attached hydrogens (primary N) is 1. The third-order valence-electron chi connectivity index (χ3n) is 1.27. The lowest BCUT2D eigenvalue weighted by atomic mass is 10.3. The van der Waals surface area contributed by atoms with Gasteiger partial charge in [0.25, 0.3) is 0 Å². The van der Waals surface area contributed by atoms with Crippen LogP contribution in [0.3, 0.4) is 0 Å². The monoisotopic (exact) mass is 137 g/mol. The number of anilines is 1. The second kappa shape index (κ2) is 2.66. The molecule has 0 saturated heterocycles. The Hall–Kier alpha value is -1.09. The first-order valence-electron chi connectivity index (χ1n) is 3.10. The molecule has 2 N–H and O–H groups in total. The summed E-state index contributed by atoms with van der Waals surface area (Å²) in [4.78, 5) is 3.98. The summed E-state index contributed by atoms with van der Waals surface area (Å²) in [6, 6.07) is 1.98. The van der Waals surface area contributed by atoms with Gasteiger partial charge in [0.05, 0.1) is 11.9 Å². The molecule has 0 spiro atoms. The fourth-order valence-electron chi connectivity index (χ4n) is 0.732. The van der Waals surface area contributed by atoms with Crippen LogP contribution in [0.2, 0.25) is 0 Å². The minimum atomic E-state index is 0.931. The summed E-state index contributed by atoms with van der Waals surface area (Å²) >= 11 is 0. The Kier molecular flexibility index (Phi) is 1.87. The van der Waals surface area contributed by atoms with Crippen molar-refractivity contribution in [3.8, 4) is 0 Å². The normalized spacial score (nSPS) is 9.50. The van der Waals surface area contributed by atoms with Crippen LogP contribution in [0.1, 0.15) is 5.56 Å². The molecule has 0 amide bonds. The first kappa shape index (κ1) is 7.02. The molecule has 0 aliphatic heterocycles. The molecule has 0 aliphatic rings. The molecule has 3 nitrogen and oxygen atoms in total. The van der Waals surface area contributed by atoms with Gasteiger partial charge in [-0.2, -0.15) is 0 Å². The predicted octanol–water partition coefficient (Wildman–Crippen LogP) is 0.700. The van der Waals surface area contributed by atoms with Gasteiger partial charge in [0.2, 0.25) is 0 Å². The zero-order chi connectivity index (χ0) is 7.56. The lowest BCUT2D eigenvalue weighted by molar-refractivity contribution is 1.00. The van der Waals surface area contributed by atoms with Crippen molar-refractivity contribution < 1.29 is 0 Å². The first-order chi connectivity index (χ1) is 4.70. The molecule has 1 aromatic heterocycles. The summed E-state index contributed by atoms with van der Waals surface area (Å²) in [7, 11) is 1.79. The highest BCUT2D eigenvalue weighted by molar-refractivity contribution is 5.43. The molecular weight excluding hydrogens is 126 g/mol. The van der Waals surface area contributed by atoms with E-state index in [9.17, 15) is 0 Å². The molecule has 3 heteroatoms. The minimum absolute atomic E-state index is 0.931. The maximum atomic E-state index is 5.48. The van der Waals surface area contributed by atoms with Crippen molar-refractivity contribution in [2.75, 3.05) is 12.1 Å². The number of hydrazine groups is 1. The quantitative estimate of drug-likeness (QED) is 0.457. The van der Waals surface area contributed by atoms with Gasteiger partial charge < -0.3 is 5.01 Å². The van der Waals surface area contributed by atoms with E-state index in [2.05, 4.69) is 4.98 Å². The van der Waals surface area contributed by atoms with E-state index >= 15 is 0 Å². The molecule has 10 heavy (non-hydrogen) atoms. The van der Waals surface area contributed by atoms with E-state index < -0.39 is 0 Å². The number of rotatable bonds is 1. The largest absolute Gasteiger partial charge is 0.313 e. The van der Waals surface area contributed by atoms with E-state index in [-0.39, 0.29) is 0 Å². The van der Waals surface area contributed by atoms with Crippen LogP contribution in [0, 0.1) is 6.92 Å². The smallest absolute Gasteiger partial charge is 0.0699 e. The molecule has 0 aliphatic carbocycles. The first-order valence-corrected chi connectivity index (χ1v) is 3.10. The molecule has 0 aromatic carbocycles. The SMILES string of the molecule is Cc1cncc(N(C)N)c1. The van der Waals surface area contributed by atoms with E-state index in [4.69, 9.17) is 5.84 Å². The van der Waals surface area contributed by atoms with Crippen LogP contribution in [0.25, 0.3) is 0 Å². The van der Waals surface area contributed by atoms with Crippen LogP contribution in [-0.4, -0.2) is 12.0 Å². The predicted molar refractivity (Wildman–Crippen MR) is 41.6 cm³/mol. The van der Waals surface area contributed by atoms with E-state index in [1.165, 1.54) is 0 Å². The highest BCUT2D eigenvalue weighted by atomic mass is 15.4. The van der Waals surface area contributed by atoms with Gasteiger partial charge in [-0.05, 0) is 18.6 Å². The fourth-order valence-corrected chi connectivity index (χ4v) is 0.732. The van der Waals surface area contributed by atoms with Crippen LogP contribution in [-0.2, 0) is 0 Å². The number of nitrogens with zero attached hydrogens (tertiary/aromatic N) is 2. The Morgan fingerprint density at radius 1 is 1.50 bits per heavy atom. The van der Waals surface area contributed by atoms with Crippen molar-refractivity contribution in [3.05, 3.63) is 24.0 Å². The number of hydrogen-bond donors (Lipinski definition) is 1. The van der Waals surface area contributed by atoms with E-state index in [0.717, 1.165) is 11.3 Å². The van der Waals surface area contributed by atoms with Crippen LogP contribution in [0.4, 0.5) is 5.69 Å². The topological polar surface area (TPSA) is 42.2 Å². The van der Waals surface area contributed by atoms with Crippen LogP contribution >= 0.6 is 0 Å². The molecule has 0 bridgehead atoms. The van der Waals surface area contributed by atoms with E-state index in [1.807, 2.05) is 13.0 Å². The maximum absolute atomic E-state index is 5.48. The van der Waals surface area contributed by atoms with Crippen LogP contribution < -0.4 is 10.9 Å². The van der Waals surface area contributed by atoms with Crippen molar-refractivity contribution in [3.63, 3.8) is 0 Å². The van der Waals surface area contributed by atoms with Crippen LogP contribution in [0.15, 0.2) is 18.5 Å². The minimum Gasteiger partial charge on any atom is -0.313 e. The van der Waals surface area contributed by atoms with Crippen molar-refractivity contribution in [1.29, 1.82) is 0 Å². The van der Waals surface area contributed by atoms with Crippen molar-refractivity contribution >= 4 is 5.69 Å². The average Bonchev–Trinajstić information content (AvgIpc) is 1.88. The van der Waals surface area contributed by atoms with Gasteiger partial charge in [0.15, 0.2) is 0 Å². The van der Waals surface area contributed by atoms with Gasteiger partial charge in [-0.25, -0.2) is 5.84 Å². The summed E-state index contributed by atoms with van der Waals surface area (Å²) in [5.41, 5.74) is 2.05. The van der Waals surface area contributed by atoms with E-state index in [0.29, 0.717) is 0 Å². The standard InChI is InChI=1S/C7H11N3/c1-6-3-7(10(2)8)5-9-4-6/h3-5H,8H2,1-2H3. The van der Waals surface area contributed by atoms with Crippen molar-refractivity contribution in [2.24, 2.45) is 5.84 Å². The summed E-state index contributed by atoms with van der Waals surface area (Å²) in [5.74, 6) is 5.48. The van der Waals surface area contributed by atoms with Gasteiger partial charge in [0, 0.05) is 13.2 Å². The molecule has 0 saturated carbocycles. The highest BCUT2D eigenvalue weighted by Gasteiger charge is 1.93. The molecule has 0 radical (unpaired) electrons. The Morgan fingerprint density at radius 2 is 2.20 bits per heavy atom. The number of pyridine rings is 1. The van der Waals surface area contributed by atoms with Gasteiger partial charge in [-0.3, -0.25) is 4.98 Å². The number of aromatic nitrogens is 1. The Labute approximate surface area is 60.5 Å². The fraction of sp³-hybridized carbons (Fsp3) is 0.286. The lowest BCUT2D eigenvalue weighted by Crippen LogP contribution is -2.25. The average molecular weight is 137 g/mol. The van der Waals surface area contributed by atoms with Crippen LogP contribution in [0.5, 0.6) is 0 Å². The summed E-state index contributed by atoms with van der Waals surface area (Å²) in [5, 5.41) is 1.54. The Bertz CT molecular complexity index is 220. The summed E-state index contributed by atoms with van der Waals surface area (Å²) in [6.07, 6.45) is 3.53. The lowest BCUT2D eigenvalue weighted by Gasteiger charge is -2.10. The third-order valence-corrected chi connectivity index (χ3v) is 1.27. The van der Waals surface area contributed by atoms with Gasteiger partial charge in [-0.1, -0.05) is 0 Å².